The molecule has 0 bridgehead atoms. The van der Waals surface area contributed by atoms with Crippen molar-refractivity contribution in [2.24, 2.45) is 5.92 Å². The third-order valence-electron chi connectivity index (χ3n) is 10.2. The van der Waals surface area contributed by atoms with E-state index < -0.39 is 102 Å². The summed E-state index contributed by atoms with van der Waals surface area (Å²) in [6, 6.07) is 1.22. The number of aromatic nitrogens is 2. The Morgan fingerprint density at radius 2 is 1.42 bits per heavy atom. The normalized spacial score (nSPS) is 21.5. The molecule has 0 amide bonds. The number of anilines is 1. The lowest BCUT2D eigenvalue weighted by Gasteiger charge is -2.21. The van der Waals surface area contributed by atoms with Gasteiger partial charge in [0.05, 0.1) is 31.5 Å². The first-order chi connectivity index (χ1) is 31.7. The average Bonchev–Trinajstić information content (AvgIpc) is 3.53. The number of nitrogens with zero attached hydrogens (tertiary/aromatic N) is 2. The number of carbonyl (C=O) groups is 2. The number of carbonyl (C=O) groups excluding carboxylic acids is 2. The molecule has 21 nitrogen and oxygen atoms in total. The molecule has 0 aliphatic carbocycles. The minimum absolute atomic E-state index is 0.0301. The number of hydrogen-bond acceptors (Lipinski definition) is 18. The van der Waals surface area contributed by atoms with Crippen LogP contribution in [0.5, 0.6) is 0 Å². The van der Waals surface area contributed by atoms with E-state index in [9.17, 15) is 58.8 Å². The highest BCUT2D eigenvalue weighted by Crippen LogP contribution is 2.60. The Kier molecular flexibility index (Phi) is 28.9. The van der Waals surface area contributed by atoms with Gasteiger partial charge < -0.3 is 55.3 Å². The maximum Gasteiger partial charge on any atom is 0.481 e. The van der Waals surface area contributed by atoms with Crippen LogP contribution in [0.15, 0.2) is 65.7 Å². The number of nitrogen functional groups attached to an aromatic ring is 1. The van der Waals surface area contributed by atoms with Crippen molar-refractivity contribution in [3.63, 3.8) is 0 Å². The quantitative estimate of drug-likeness (QED) is 0.0192. The lowest BCUT2D eigenvalue weighted by molar-refractivity contribution is -0.161. The first kappa shape index (κ1) is 59.7. The van der Waals surface area contributed by atoms with Crippen molar-refractivity contribution in [1.29, 1.82) is 0 Å². The summed E-state index contributed by atoms with van der Waals surface area (Å²) in [7, 11) is -11.0. The predicted molar refractivity (Wildman–Crippen MR) is 247 cm³/mol. The topological polar surface area (TPSA) is 326 Å². The Bertz CT molecular complexity index is 1880. The van der Waals surface area contributed by atoms with Crippen LogP contribution in [0.25, 0.3) is 0 Å². The number of ether oxygens (including phenoxy) is 3. The van der Waals surface area contributed by atoms with Crippen molar-refractivity contribution in [2.45, 2.75) is 166 Å². The van der Waals surface area contributed by atoms with Crippen LogP contribution in [-0.4, -0.2) is 119 Å². The Morgan fingerprint density at radius 3 is 2.09 bits per heavy atom. The highest BCUT2D eigenvalue weighted by molar-refractivity contribution is 7.61. The number of aliphatic hydroxyl groups excluding tert-OH is 5. The van der Waals surface area contributed by atoms with E-state index in [1.54, 1.807) is 36.5 Å². The van der Waals surface area contributed by atoms with Gasteiger partial charge in [0, 0.05) is 19.0 Å². The molecule has 382 valence electrons. The first-order valence-electron chi connectivity index (χ1n) is 22.8. The molecule has 2 unspecified atom stereocenters. The summed E-state index contributed by atoms with van der Waals surface area (Å²) < 4.78 is 56.2. The van der Waals surface area contributed by atoms with E-state index in [-0.39, 0.29) is 31.5 Å². The molecule has 23 heteroatoms. The number of rotatable bonds is 35. The van der Waals surface area contributed by atoms with Gasteiger partial charge in [-0.25, -0.2) is 13.9 Å². The van der Waals surface area contributed by atoms with Gasteiger partial charge in [-0.05, 0) is 37.7 Å². The van der Waals surface area contributed by atoms with E-state index >= 15 is 0 Å². The second-order valence-corrected chi connectivity index (χ2v) is 19.6. The molecular weight excluding hydrogens is 920 g/mol. The molecule has 0 spiro atoms. The van der Waals surface area contributed by atoms with E-state index in [0.29, 0.717) is 18.8 Å². The van der Waals surface area contributed by atoms with Gasteiger partial charge >= 0.3 is 33.3 Å². The summed E-state index contributed by atoms with van der Waals surface area (Å²) in [5, 5.41) is 51.5. The fourth-order valence-electron chi connectivity index (χ4n) is 6.47. The van der Waals surface area contributed by atoms with Gasteiger partial charge in [0.15, 0.2) is 12.3 Å². The summed E-state index contributed by atoms with van der Waals surface area (Å²) >= 11 is 0. The van der Waals surface area contributed by atoms with Crippen LogP contribution in [0.3, 0.4) is 0 Å². The maximum absolute atomic E-state index is 12.8. The van der Waals surface area contributed by atoms with Gasteiger partial charge in [0.25, 0.3) is 0 Å². The van der Waals surface area contributed by atoms with Gasteiger partial charge in [-0.2, -0.15) is 9.29 Å². The molecule has 1 fully saturated rings. The van der Waals surface area contributed by atoms with Crippen LogP contribution < -0.4 is 11.4 Å². The Balaban J connectivity index is 1.93. The summed E-state index contributed by atoms with van der Waals surface area (Å²) in [4.78, 5) is 61.6. The number of aliphatic hydroxyl groups is 5. The molecule has 10 atom stereocenters. The zero-order valence-electron chi connectivity index (χ0n) is 38.7. The van der Waals surface area contributed by atoms with E-state index in [1.165, 1.54) is 18.2 Å². The molecule has 0 radical (unpaired) electrons. The zero-order valence-corrected chi connectivity index (χ0v) is 40.5. The lowest BCUT2D eigenvalue weighted by atomic mass is 10.0. The highest BCUT2D eigenvalue weighted by Gasteiger charge is 2.46. The van der Waals surface area contributed by atoms with Crippen LogP contribution in [0, 0.1) is 5.92 Å². The molecule has 1 aromatic heterocycles. The van der Waals surface area contributed by atoms with Gasteiger partial charge in [-0.3, -0.25) is 23.2 Å². The summed E-state index contributed by atoms with van der Waals surface area (Å²) in [6.07, 6.45) is 13.4. The smallest absolute Gasteiger partial charge is 0.462 e. The highest BCUT2D eigenvalue weighted by atomic mass is 31.3. The molecular formula is C44H73N3O18P2. The minimum atomic E-state index is -5.51. The Labute approximate surface area is 392 Å². The summed E-state index contributed by atoms with van der Waals surface area (Å²) in [6.45, 7) is 3.84. The lowest BCUT2D eigenvalue weighted by Crippen LogP contribution is -2.36. The van der Waals surface area contributed by atoms with Crippen LogP contribution in [0.4, 0.5) is 5.82 Å². The number of phosphoric acid groups is 2. The third-order valence-corrected chi connectivity index (χ3v) is 12.8. The Hall–Kier alpha value is -3.40. The molecule has 0 aromatic carbocycles. The van der Waals surface area contributed by atoms with E-state index in [0.717, 1.165) is 68.6 Å². The predicted octanol–water partition coefficient (Wildman–Crippen LogP) is 4.99. The molecule has 1 aliphatic heterocycles. The number of hydrogen-bond donors (Lipinski definition) is 8. The largest absolute Gasteiger partial charge is 0.481 e. The second-order valence-electron chi connectivity index (χ2n) is 16.6. The zero-order chi connectivity index (χ0) is 49.8. The molecule has 1 aliphatic rings. The van der Waals surface area contributed by atoms with Crippen LogP contribution in [-0.2, 0) is 46.3 Å². The van der Waals surface area contributed by atoms with Crippen LogP contribution in [0.1, 0.15) is 123 Å². The fourth-order valence-corrected chi connectivity index (χ4v) is 8.58. The van der Waals surface area contributed by atoms with Gasteiger partial charge in [0.1, 0.15) is 30.7 Å². The van der Waals surface area contributed by atoms with Gasteiger partial charge in [-0.1, -0.05) is 127 Å². The number of allylic oxidation sites excluding steroid dienone is 6. The molecule has 2 heterocycles. The monoisotopic (exact) mass is 993 g/mol. The van der Waals surface area contributed by atoms with Crippen molar-refractivity contribution in [3.8, 4) is 0 Å². The van der Waals surface area contributed by atoms with E-state index in [4.69, 9.17) is 29.0 Å². The molecule has 1 aromatic rings. The van der Waals surface area contributed by atoms with Gasteiger partial charge in [0.2, 0.25) is 0 Å². The number of nitrogens with two attached hydrogens (primary N) is 1. The summed E-state index contributed by atoms with van der Waals surface area (Å²) in [5.74, 6) is -1.02. The standard InChI is InChI=1S/C44H73N3O18P2/c1-4-5-14-21-33(48)22-16-11-7-8-12-17-23-35(49)36(50)24-19-26-40(52)63-34(29-60-39(51)25-18-13-9-6-10-15-20-32(2)3)30-61-66(56,57)65-67(58,59)62-31-37-41(53)42(54)43(64-37)47-28-27-38(45)46-44(47)55/h7-8,11-12,16-17,22-23,27-28,32-37,41-43,48-50,53-54H,4-6,9-10,13-15,18-21,24-26,29-31H2,1-3H3,(H,56,57)(H,58,59)(H2,45,46,55)/b11-7-,12-8+,22-16+,23-17+/t33-,34+,35-,36-,37+,41+,42+,43+/m0/s1. The number of unbranched alkanes of at least 4 members (excludes halogenated alkanes) is 7. The van der Waals surface area contributed by atoms with Crippen LogP contribution >= 0.6 is 15.6 Å². The van der Waals surface area contributed by atoms with Crippen LogP contribution in [0.2, 0.25) is 0 Å². The minimum Gasteiger partial charge on any atom is -0.462 e. The maximum atomic E-state index is 12.8. The number of phosphoric ester groups is 2. The first-order valence-corrected chi connectivity index (χ1v) is 25.8. The van der Waals surface area contributed by atoms with Crippen molar-refractivity contribution in [2.75, 3.05) is 25.6 Å². The average molecular weight is 994 g/mol. The molecule has 67 heavy (non-hydrogen) atoms. The number of esters is 2. The van der Waals surface area contributed by atoms with Crippen molar-refractivity contribution >= 4 is 33.4 Å². The van der Waals surface area contributed by atoms with Crippen molar-refractivity contribution < 1.29 is 81.6 Å². The Morgan fingerprint density at radius 1 is 0.806 bits per heavy atom. The second kappa shape index (κ2) is 32.4. The van der Waals surface area contributed by atoms with E-state index in [1.807, 2.05) is 0 Å². The van der Waals surface area contributed by atoms with E-state index in [2.05, 4.69) is 30.1 Å². The van der Waals surface area contributed by atoms with Crippen molar-refractivity contribution in [3.05, 3.63) is 71.4 Å². The molecule has 1 saturated heterocycles. The third kappa shape index (κ3) is 26.2. The van der Waals surface area contributed by atoms with Crippen molar-refractivity contribution in [1.82, 2.24) is 9.55 Å². The molecule has 2 rings (SSSR count). The SMILES string of the molecule is CCCCC[C@H](O)/C=C/C=C\C=C\C=C\[C@H](O)[C@@H](O)CCCC(=O)O[C@H](COC(=O)CCCCCCCCC(C)C)COP(=O)(O)OP(=O)(O)OC[C@H]1O[C@@H](n2ccc(N)nc2=O)[C@H](O)[C@@H]1O. The van der Waals surface area contributed by atoms with Gasteiger partial charge in [-0.15, -0.1) is 0 Å². The summed E-state index contributed by atoms with van der Waals surface area (Å²) in [5.41, 5.74) is 4.54. The molecule has 0 saturated carbocycles. The fraction of sp³-hybridized carbons (Fsp3) is 0.682. The molecule has 9 N–H and O–H groups in total.